The van der Waals surface area contributed by atoms with Crippen LogP contribution in [0.2, 0.25) is 0 Å². The molecule has 1 aromatic rings. The fourth-order valence-electron chi connectivity index (χ4n) is 1.23. The van der Waals surface area contributed by atoms with E-state index in [0.717, 1.165) is 25.1 Å². The maximum absolute atomic E-state index is 9.97. The third-order valence-electron chi connectivity index (χ3n) is 1.96. The molecule has 0 fully saturated rings. The standard InChI is InChI=1S/C8H8O.C6H14O2.C2H4/c9-7-6-8-4-2-1-3-5-8;1-4-7-6(3)8-5-2;1-2/h1-5,7H,6H2;6H,4-5H2,1-3H3;1-2H2. The van der Waals surface area contributed by atoms with Gasteiger partial charge in [0.25, 0.3) is 0 Å². The van der Waals surface area contributed by atoms with Gasteiger partial charge in [-0.05, 0) is 26.3 Å². The van der Waals surface area contributed by atoms with Crippen molar-refractivity contribution >= 4 is 6.29 Å². The van der Waals surface area contributed by atoms with Crippen molar-refractivity contribution in [3.63, 3.8) is 0 Å². The van der Waals surface area contributed by atoms with Crippen LogP contribution in [-0.4, -0.2) is 25.8 Å². The van der Waals surface area contributed by atoms with Gasteiger partial charge in [0.1, 0.15) is 6.29 Å². The number of carbonyl (C=O) groups excluding carboxylic acids is 1. The summed E-state index contributed by atoms with van der Waals surface area (Å²) in [5.41, 5.74) is 1.08. The predicted octanol–water partition coefficient (Wildman–Crippen LogP) is 3.64. The Balaban J connectivity index is 0. The molecule has 1 aromatic carbocycles. The summed E-state index contributed by atoms with van der Waals surface area (Å²) in [5, 5.41) is 0. The SMILES string of the molecule is C=C.CCOC(C)OCC.O=CCc1ccccc1. The maximum Gasteiger partial charge on any atom is 0.154 e. The van der Waals surface area contributed by atoms with Crippen LogP contribution in [0.15, 0.2) is 43.5 Å². The van der Waals surface area contributed by atoms with Gasteiger partial charge < -0.3 is 14.3 Å². The Bertz CT molecular complexity index is 279. The molecule has 0 spiro atoms. The molecule has 0 aliphatic carbocycles. The van der Waals surface area contributed by atoms with Crippen LogP contribution in [0.5, 0.6) is 0 Å². The van der Waals surface area contributed by atoms with Gasteiger partial charge in [0.05, 0.1) is 0 Å². The molecular weight excluding hydrogens is 240 g/mol. The van der Waals surface area contributed by atoms with Crippen molar-refractivity contribution in [3.8, 4) is 0 Å². The minimum atomic E-state index is -0.0370. The highest BCUT2D eigenvalue weighted by molar-refractivity contribution is 5.54. The summed E-state index contributed by atoms with van der Waals surface area (Å²) in [7, 11) is 0. The van der Waals surface area contributed by atoms with E-state index in [4.69, 9.17) is 9.47 Å². The topological polar surface area (TPSA) is 35.5 Å². The van der Waals surface area contributed by atoms with Crippen LogP contribution in [-0.2, 0) is 20.7 Å². The molecule has 0 heterocycles. The lowest BCUT2D eigenvalue weighted by Crippen LogP contribution is -2.11. The van der Waals surface area contributed by atoms with Crippen LogP contribution in [0.3, 0.4) is 0 Å². The highest BCUT2D eigenvalue weighted by Crippen LogP contribution is 1.96. The predicted molar refractivity (Wildman–Crippen MR) is 80.2 cm³/mol. The summed E-state index contributed by atoms with van der Waals surface area (Å²) in [6.45, 7) is 13.3. The Morgan fingerprint density at radius 3 is 1.95 bits per heavy atom. The van der Waals surface area contributed by atoms with Crippen molar-refractivity contribution in [1.82, 2.24) is 0 Å². The lowest BCUT2D eigenvalue weighted by Gasteiger charge is -2.09. The van der Waals surface area contributed by atoms with Crippen molar-refractivity contribution in [1.29, 1.82) is 0 Å². The fraction of sp³-hybridized carbons (Fsp3) is 0.438. The van der Waals surface area contributed by atoms with Gasteiger partial charge in [-0.25, -0.2) is 0 Å². The van der Waals surface area contributed by atoms with Crippen molar-refractivity contribution in [3.05, 3.63) is 49.1 Å². The first kappa shape index (κ1) is 19.9. The lowest BCUT2D eigenvalue weighted by atomic mass is 10.2. The van der Waals surface area contributed by atoms with Gasteiger partial charge >= 0.3 is 0 Å². The molecule has 0 N–H and O–H groups in total. The first-order valence-electron chi connectivity index (χ1n) is 6.45. The molecule has 0 saturated heterocycles. The second kappa shape index (κ2) is 16.6. The summed E-state index contributed by atoms with van der Waals surface area (Å²) in [6, 6.07) is 9.68. The number of hydrogen-bond acceptors (Lipinski definition) is 3. The molecule has 0 unspecified atom stereocenters. The quantitative estimate of drug-likeness (QED) is 0.448. The molecule has 0 radical (unpaired) electrons. The Hall–Kier alpha value is -1.45. The van der Waals surface area contributed by atoms with E-state index in [1.165, 1.54) is 0 Å². The second-order valence-corrected chi connectivity index (χ2v) is 3.33. The molecule has 108 valence electrons. The highest BCUT2D eigenvalue weighted by atomic mass is 16.7. The van der Waals surface area contributed by atoms with Crippen molar-refractivity contribution in [2.75, 3.05) is 13.2 Å². The molecule has 3 nitrogen and oxygen atoms in total. The molecular formula is C16H26O3. The lowest BCUT2D eigenvalue weighted by molar-refractivity contribution is -0.123. The molecule has 0 aliphatic rings. The summed E-state index contributed by atoms with van der Waals surface area (Å²) >= 11 is 0. The number of hydrogen-bond donors (Lipinski definition) is 0. The van der Waals surface area contributed by atoms with E-state index < -0.39 is 0 Å². The zero-order valence-corrected chi connectivity index (χ0v) is 12.3. The molecule has 0 aromatic heterocycles. The van der Waals surface area contributed by atoms with E-state index in [0.29, 0.717) is 6.42 Å². The molecule has 0 atom stereocenters. The first-order valence-corrected chi connectivity index (χ1v) is 6.45. The average molecular weight is 266 g/mol. The molecule has 3 heteroatoms. The third kappa shape index (κ3) is 14.5. The summed E-state index contributed by atoms with van der Waals surface area (Å²) in [5.74, 6) is 0. The molecule has 0 amide bonds. The van der Waals surface area contributed by atoms with E-state index in [2.05, 4.69) is 13.2 Å². The minimum Gasteiger partial charge on any atom is -0.353 e. The van der Waals surface area contributed by atoms with Gasteiger partial charge in [0.2, 0.25) is 0 Å². The summed E-state index contributed by atoms with van der Waals surface area (Å²) in [6.07, 6.45) is 1.40. The van der Waals surface area contributed by atoms with Crippen LogP contribution in [0, 0.1) is 0 Å². The van der Waals surface area contributed by atoms with Crippen molar-refractivity contribution < 1.29 is 14.3 Å². The minimum absolute atomic E-state index is 0.0370. The van der Waals surface area contributed by atoms with E-state index in [9.17, 15) is 4.79 Å². The maximum atomic E-state index is 9.97. The number of rotatable bonds is 6. The molecule has 1 rings (SSSR count). The fourth-order valence-corrected chi connectivity index (χ4v) is 1.23. The molecule has 19 heavy (non-hydrogen) atoms. The largest absolute Gasteiger partial charge is 0.353 e. The van der Waals surface area contributed by atoms with Gasteiger partial charge in [-0.3, -0.25) is 0 Å². The summed E-state index contributed by atoms with van der Waals surface area (Å²) in [4.78, 5) is 9.97. The Kier molecular flexibility index (Phi) is 17.3. The number of benzene rings is 1. The zero-order chi connectivity index (χ0) is 14.9. The van der Waals surface area contributed by atoms with Gasteiger partial charge in [0, 0.05) is 19.6 Å². The second-order valence-electron chi connectivity index (χ2n) is 3.33. The van der Waals surface area contributed by atoms with Crippen LogP contribution in [0.4, 0.5) is 0 Å². The van der Waals surface area contributed by atoms with Crippen molar-refractivity contribution in [2.24, 2.45) is 0 Å². The van der Waals surface area contributed by atoms with Gasteiger partial charge in [0.15, 0.2) is 6.29 Å². The van der Waals surface area contributed by atoms with Crippen molar-refractivity contribution in [2.45, 2.75) is 33.5 Å². The molecule has 0 aliphatic heterocycles. The first-order chi connectivity index (χ1) is 9.24. The Morgan fingerprint density at radius 1 is 1.11 bits per heavy atom. The average Bonchev–Trinajstić information content (AvgIpc) is 2.44. The third-order valence-corrected chi connectivity index (χ3v) is 1.96. The van der Waals surface area contributed by atoms with E-state index >= 15 is 0 Å². The number of aldehydes is 1. The van der Waals surface area contributed by atoms with Gasteiger partial charge in [-0.2, -0.15) is 0 Å². The Morgan fingerprint density at radius 2 is 1.58 bits per heavy atom. The van der Waals surface area contributed by atoms with Crippen LogP contribution in [0.1, 0.15) is 26.3 Å². The van der Waals surface area contributed by atoms with Crippen LogP contribution in [0.25, 0.3) is 0 Å². The van der Waals surface area contributed by atoms with Crippen LogP contribution >= 0.6 is 0 Å². The molecule has 0 bridgehead atoms. The van der Waals surface area contributed by atoms with Gasteiger partial charge in [-0.1, -0.05) is 30.3 Å². The Labute approximate surface area is 117 Å². The van der Waals surface area contributed by atoms with E-state index in [1.54, 1.807) is 0 Å². The smallest absolute Gasteiger partial charge is 0.154 e. The monoisotopic (exact) mass is 266 g/mol. The normalized spacial score (nSPS) is 8.84. The van der Waals surface area contributed by atoms with Crippen LogP contribution < -0.4 is 0 Å². The van der Waals surface area contributed by atoms with E-state index in [-0.39, 0.29) is 6.29 Å². The van der Waals surface area contributed by atoms with Gasteiger partial charge in [-0.15, -0.1) is 13.2 Å². The summed E-state index contributed by atoms with van der Waals surface area (Å²) < 4.78 is 10.1. The molecule has 0 saturated carbocycles. The highest BCUT2D eigenvalue weighted by Gasteiger charge is 1.94. The number of ether oxygens (including phenoxy) is 2. The zero-order valence-electron chi connectivity index (χ0n) is 12.3. The number of carbonyl (C=O) groups is 1. The van der Waals surface area contributed by atoms with E-state index in [1.807, 2.05) is 51.1 Å².